The Kier molecular flexibility index (Phi) is 6.39. The van der Waals surface area contributed by atoms with Crippen LogP contribution in [0.2, 0.25) is 0 Å². The predicted octanol–water partition coefficient (Wildman–Crippen LogP) is 3.25. The number of hydrogen-bond acceptors (Lipinski definition) is 5. The topological polar surface area (TPSA) is 63.2 Å². The van der Waals surface area contributed by atoms with Crippen molar-refractivity contribution in [3.8, 4) is 0 Å². The standard InChI is InChI=1S/C20H23N3O2S/c1-26-18-7-3-2-6-17(18)20(25)15-5-4-12-23(14-15)19(24)9-8-16-13-21-10-11-22-16/h2-3,6-7,10-11,13,15H,4-5,8-9,12,14H2,1H3/t15-/m0/s1. The molecule has 0 spiro atoms. The molecule has 1 fully saturated rings. The first-order valence-electron chi connectivity index (χ1n) is 8.89. The minimum atomic E-state index is -0.113. The predicted molar refractivity (Wildman–Crippen MR) is 102 cm³/mol. The van der Waals surface area contributed by atoms with Crippen LogP contribution >= 0.6 is 11.8 Å². The van der Waals surface area contributed by atoms with E-state index in [1.165, 1.54) is 0 Å². The molecule has 0 N–H and O–H groups in total. The van der Waals surface area contributed by atoms with Crippen LogP contribution in [0.15, 0.2) is 47.8 Å². The van der Waals surface area contributed by atoms with Gasteiger partial charge >= 0.3 is 0 Å². The number of piperidine rings is 1. The molecular weight excluding hydrogens is 346 g/mol. The van der Waals surface area contributed by atoms with Crippen LogP contribution in [-0.4, -0.2) is 45.9 Å². The molecule has 136 valence electrons. The number of carbonyl (C=O) groups is 2. The summed E-state index contributed by atoms with van der Waals surface area (Å²) in [7, 11) is 0. The number of thioether (sulfide) groups is 1. The number of Topliss-reactive ketones (excluding diaryl/α,β-unsaturated/α-hetero) is 1. The zero-order valence-electron chi connectivity index (χ0n) is 14.9. The fraction of sp³-hybridized carbons (Fsp3) is 0.400. The molecule has 2 aromatic rings. The Morgan fingerprint density at radius 3 is 2.88 bits per heavy atom. The van der Waals surface area contributed by atoms with Gasteiger partial charge in [0.1, 0.15) is 0 Å². The highest BCUT2D eigenvalue weighted by atomic mass is 32.2. The van der Waals surface area contributed by atoms with Crippen LogP contribution in [0, 0.1) is 5.92 Å². The van der Waals surface area contributed by atoms with Gasteiger partial charge in [-0.25, -0.2) is 0 Å². The molecule has 0 radical (unpaired) electrons. The van der Waals surface area contributed by atoms with Crippen molar-refractivity contribution in [3.63, 3.8) is 0 Å². The van der Waals surface area contributed by atoms with Crippen LogP contribution in [0.1, 0.15) is 35.3 Å². The van der Waals surface area contributed by atoms with E-state index in [2.05, 4.69) is 9.97 Å². The molecule has 6 heteroatoms. The van der Waals surface area contributed by atoms with Gasteiger partial charge in [-0.1, -0.05) is 18.2 Å². The molecule has 1 aromatic heterocycles. The lowest BCUT2D eigenvalue weighted by Crippen LogP contribution is -2.42. The highest BCUT2D eigenvalue weighted by molar-refractivity contribution is 7.98. The second-order valence-electron chi connectivity index (χ2n) is 6.44. The molecule has 1 aromatic carbocycles. The summed E-state index contributed by atoms with van der Waals surface area (Å²) in [6.07, 6.45) is 9.63. The maximum absolute atomic E-state index is 13.0. The fourth-order valence-corrected chi connectivity index (χ4v) is 3.94. The van der Waals surface area contributed by atoms with E-state index in [0.717, 1.165) is 35.5 Å². The molecule has 1 amide bonds. The van der Waals surface area contributed by atoms with E-state index in [4.69, 9.17) is 0 Å². The SMILES string of the molecule is CSc1ccccc1C(=O)[C@H]1CCCN(C(=O)CCc2cnccn2)C1. The summed E-state index contributed by atoms with van der Waals surface area (Å²) >= 11 is 1.59. The first kappa shape index (κ1) is 18.6. The second-order valence-corrected chi connectivity index (χ2v) is 7.29. The molecule has 0 bridgehead atoms. The Balaban J connectivity index is 1.61. The first-order valence-corrected chi connectivity index (χ1v) is 10.1. The minimum absolute atomic E-state index is 0.0892. The van der Waals surface area contributed by atoms with Gasteiger partial charge in [-0.05, 0) is 31.6 Å². The number of aromatic nitrogens is 2. The number of amides is 1. The van der Waals surface area contributed by atoms with Gasteiger partial charge in [0, 0.05) is 54.5 Å². The van der Waals surface area contributed by atoms with Crippen LogP contribution in [0.4, 0.5) is 0 Å². The van der Waals surface area contributed by atoms with E-state index in [-0.39, 0.29) is 17.6 Å². The van der Waals surface area contributed by atoms with Gasteiger partial charge in [0.25, 0.3) is 0 Å². The fourth-order valence-electron chi connectivity index (χ4n) is 3.34. The molecule has 26 heavy (non-hydrogen) atoms. The first-order chi connectivity index (χ1) is 12.7. The van der Waals surface area contributed by atoms with E-state index in [0.29, 0.717) is 19.4 Å². The lowest BCUT2D eigenvalue weighted by Gasteiger charge is -2.32. The number of ketones is 1. The molecule has 2 heterocycles. The molecule has 1 saturated heterocycles. The Hall–Kier alpha value is -2.21. The molecular formula is C20H23N3O2S. The van der Waals surface area contributed by atoms with Crippen LogP contribution in [0.3, 0.4) is 0 Å². The molecule has 1 aliphatic heterocycles. The second kappa shape index (κ2) is 8.94. The number of carbonyl (C=O) groups excluding carboxylic acids is 2. The molecule has 0 aliphatic carbocycles. The smallest absolute Gasteiger partial charge is 0.222 e. The third-order valence-electron chi connectivity index (χ3n) is 4.73. The van der Waals surface area contributed by atoms with Crippen LogP contribution < -0.4 is 0 Å². The van der Waals surface area contributed by atoms with E-state index in [1.807, 2.05) is 35.4 Å². The third kappa shape index (κ3) is 4.49. The van der Waals surface area contributed by atoms with Crippen molar-refractivity contribution < 1.29 is 9.59 Å². The molecule has 1 aliphatic rings. The van der Waals surface area contributed by atoms with E-state index in [1.54, 1.807) is 30.4 Å². The zero-order chi connectivity index (χ0) is 18.4. The molecule has 0 unspecified atom stereocenters. The number of benzene rings is 1. The Labute approximate surface area is 158 Å². The van der Waals surface area contributed by atoms with Gasteiger partial charge in [0.2, 0.25) is 5.91 Å². The Bertz CT molecular complexity index is 767. The summed E-state index contributed by atoms with van der Waals surface area (Å²) in [6, 6.07) is 7.72. The number of hydrogen-bond donors (Lipinski definition) is 0. The van der Waals surface area contributed by atoms with Crippen molar-refractivity contribution in [1.82, 2.24) is 14.9 Å². The van der Waals surface area contributed by atoms with Gasteiger partial charge in [-0.15, -0.1) is 11.8 Å². The third-order valence-corrected chi connectivity index (χ3v) is 5.52. The van der Waals surface area contributed by atoms with Gasteiger partial charge in [-0.3, -0.25) is 19.6 Å². The number of likely N-dealkylation sites (tertiary alicyclic amines) is 1. The Morgan fingerprint density at radius 2 is 2.12 bits per heavy atom. The Morgan fingerprint density at radius 1 is 1.27 bits per heavy atom. The summed E-state index contributed by atoms with van der Waals surface area (Å²) in [4.78, 5) is 36.6. The number of aryl methyl sites for hydroxylation is 1. The summed E-state index contributed by atoms with van der Waals surface area (Å²) in [5.41, 5.74) is 1.60. The van der Waals surface area contributed by atoms with Gasteiger partial charge in [-0.2, -0.15) is 0 Å². The molecule has 5 nitrogen and oxygen atoms in total. The van der Waals surface area contributed by atoms with Crippen molar-refractivity contribution in [2.45, 2.75) is 30.6 Å². The summed E-state index contributed by atoms with van der Waals surface area (Å²) in [6.45, 7) is 1.24. The number of nitrogens with zero attached hydrogens (tertiary/aromatic N) is 3. The van der Waals surface area contributed by atoms with Crippen molar-refractivity contribution in [2.75, 3.05) is 19.3 Å². The lowest BCUT2D eigenvalue weighted by molar-refractivity contribution is -0.132. The quantitative estimate of drug-likeness (QED) is 0.578. The molecule has 3 rings (SSSR count). The van der Waals surface area contributed by atoms with Crippen LogP contribution in [0.25, 0.3) is 0 Å². The highest BCUT2D eigenvalue weighted by Gasteiger charge is 2.29. The lowest BCUT2D eigenvalue weighted by atomic mass is 9.89. The van der Waals surface area contributed by atoms with Crippen molar-refractivity contribution in [3.05, 3.63) is 54.1 Å². The monoisotopic (exact) mass is 369 g/mol. The average Bonchev–Trinajstić information content (AvgIpc) is 2.72. The van der Waals surface area contributed by atoms with E-state index in [9.17, 15) is 9.59 Å². The van der Waals surface area contributed by atoms with Crippen molar-refractivity contribution in [1.29, 1.82) is 0 Å². The molecule has 0 saturated carbocycles. The summed E-state index contributed by atoms with van der Waals surface area (Å²) < 4.78 is 0. The summed E-state index contributed by atoms with van der Waals surface area (Å²) in [5.74, 6) is 0.130. The normalized spacial score (nSPS) is 17.1. The number of rotatable bonds is 6. The van der Waals surface area contributed by atoms with Gasteiger partial charge in [0.05, 0.1) is 5.69 Å². The van der Waals surface area contributed by atoms with E-state index >= 15 is 0 Å². The van der Waals surface area contributed by atoms with Crippen LogP contribution in [0.5, 0.6) is 0 Å². The maximum atomic E-state index is 13.0. The van der Waals surface area contributed by atoms with Crippen molar-refractivity contribution in [2.24, 2.45) is 5.92 Å². The van der Waals surface area contributed by atoms with Crippen LogP contribution in [-0.2, 0) is 11.2 Å². The molecule has 1 atom stereocenters. The van der Waals surface area contributed by atoms with Gasteiger partial charge in [0.15, 0.2) is 5.78 Å². The van der Waals surface area contributed by atoms with Gasteiger partial charge < -0.3 is 4.90 Å². The largest absolute Gasteiger partial charge is 0.342 e. The zero-order valence-corrected chi connectivity index (χ0v) is 15.7. The van der Waals surface area contributed by atoms with Crippen molar-refractivity contribution >= 4 is 23.5 Å². The summed E-state index contributed by atoms with van der Waals surface area (Å²) in [5, 5.41) is 0. The van der Waals surface area contributed by atoms with E-state index < -0.39 is 0 Å². The minimum Gasteiger partial charge on any atom is -0.342 e. The maximum Gasteiger partial charge on any atom is 0.222 e. The highest BCUT2D eigenvalue weighted by Crippen LogP contribution is 2.27. The average molecular weight is 369 g/mol.